The second kappa shape index (κ2) is 2.65. The van der Waals surface area contributed by atoms with E-state index in [0.29, 0.717) is 5.57 Å². The minimum atomic E-state index is 0.0411. The molecule has 52 valence electrons. The fraction of sp³-hybridized carbons (Fsp3) is 0.222. The van der Waals surface area contributed by atoms with Gasteiger partial charge < -0.3 is 0 Å². The average Bonchev–Trinajstić information content (AvgIpc) is 1.95. The Morgan fingerprint density at radius 1 is 1.60 bits per heavy atom. The lowest BCUT2D eigenvalue weighted by Crippen LogP contribution is -2.02. The third kappa shape index (κ3) is 1.08. The van der Waals surface area contributed by atoms with Crippen LogP contribution in [0.4, 0.5) is 0 Å². The highest BCUT2D eigenvalue weighted by atomic mass is 16.1. The Morgan fingerprint density at radius 2 is 2.30 bits per heavy atom. The van der Waals surface area contributed by atoms with Gasteiger partial charge in [0.25, 0.3) is 0 Å². The largest absolute Gasteiger partial charge is 0.289 e. The third-order valence-corrected chi connectivity index (χ3v) is 1.61. The van der Waals surface area contributed by atoms with Crippen LogP contribution >= 0.6 is 0 Å². The Labute approximate surface area is 60.7 Å². The zero-order chi connectivity index (χ0) is 7.56. The van der Waals surface area contributed by atoms with Crippen LogP contribution in [0.2, 0.25) is 0 Å². The second-order valence-corrected chi connectivity index (χ2v) is 2.25. The van der Waals surface area contributed by atoms with Gasteiger partial charge in [-0.15, -0.1) is 0 Å². The lowest BCUT2D eigenvalue weighted by atomic mass is 9.97. The van der Waals surface area contributed by atoms with E-state index in [0.717, 1.165) is 12.0 Å². The standard InChI is InChI=1S/C9H10O/c1-3-8-5-4-6-9(10)7(8)2/h4-6H,2-3H2,1H3. The van der Waals surface area contributed by atoms with Crippen LogP contribution in [0, 0.1) is 0 Å². The van der Waals surface area contributed by atoms with Crippen LogP contribution in [0.5, 0.6) is 0 Å². The summed E-state index contributed by atoms with van der Waals surface area (Å²) in [4.78, 5) is 10.9. The van der Waals surface area contributed by atoms with E-state index in [9.17, 15) is 4.79 Å². The maximum Gasteiger partial charge on any atom is 0.185 e. The van der Waals surface area contributed by atoms with Crippen molar-refractivity contribution in [3.05, 3.63) is 36.0 Å². The van der Waals surface area contributed by atoms with Gasteiger partial charge in [0.05, 0.1) is 0 Å². The fourth-order valence-electron chi connectivity index (χ4n) is 0.942. The molecule has 1 heteroatoms. The van der Waals surface area contributed by atoms with E-state index < -0.39 is 0 Å². The summed E-state index contributed by atoms with van der Waals surface area (Å²) in [6.07, 6.45) is 6.13. The lowest BCUT2D eigenvalue weighted by molar-refractivity contribution is -0.111. The van der Waals surface area contributed by atoms with E-state index >= 15 is 0 Å². The molecule has 0 bridgehead atoms. The molecule has 0 atom stereocenters. The number of carbonyl (C=O) groups excluding carboxylic acids is 1. The van der Waals surface area contributed by atoms with Crippen molar-refractivity contribution in [1.82, 2.24) is 0 Å². The van der Waals surface area contributed by atoms with Gasteiger partial charge in [-0.2, -0.15) is 0 Å². The summed E-state index contributed by atoms with van der Waals surface area (Å²) in [6.45, 7) is 5.70. The Hall–Kier alpha value is -1.11. The molecule has 0 saturated heterocycles. The summed E-state index contributed by atoms with van der Waals surface area (Å²) in [7, 11) is 0. The molecular weight excluding hydrogens is 124 g/mol. The first-order valence-corrected chi connectivity index (χ1v) is 3.36. The van der Waals surface area contributed by atoms with Crippen LogP contribution in [0.1, 0.15) is 13.3 Å². The molecule has 0 aliphatic heterocycles. The number of allylic oxidation sites excluding steroid dienone is 5. The summed E-state index contributed by atoms with van der Waals surface area (Å²) in [6, 6.07) is 0. The van der Waals surface area contributed by atoms with Crippen LogP contribution in [-0.4, -0.2) is 5.78 Å². The zero-order valence-corrected chi connectivity index (χ0v) is 6.05. The van der Waals surface area contributed by atoms with Crippen molar-refractivity contribution in [2.75, 3.05) is 0 Å². The van der Waals surface area contributed by atoms with E-state index in [1.165, 1.54) is 0 Å². The number of hydrogen-bond donors (Lipinski definition) is 0. The molecule has 1 nitrogen and oxygen atoms in total. The molecule has 0 aromatic carbocycles. The van der Waals surface area contributed by atoms with Crippen LogP contribution in [0.25, 0.3) is 0 Å². The fourth-order valence-corrected chi connectivity index (χ4v) is 0.942. The molecule has 0 fully saturated rings. The molecule has 0 radical (unpaired) electrons. The van der Waals surface area contributed by atoms with Gasteiger partial charge in [-0.25, -0.2) is 0 Å². The second-order valence-electron chi connectivity index (χ2n) is 2.25. The van der Waals surface area contributed by atoms with E-state index in [1.54, 1.807) is 12.2 Å². The van der Waals surface area contributed by atoms with Gasteiger partial charge in [-0.3, -0.25) is 4.79 Å². The van der Waals surface area contributed by atoms with Gasteiger partial charge in [-0.05, 0) is 18.1 Å². The predicted molar refractivity (Wildman–Crippen MR) is 41.7 cm³/mol. The number of carbonyl (C=O) groups is 1. The highest BCUT2D eigenvalue weighted by molar-refractivity contribution is 6.08. The highest BCUT2D eigenvalue weighted by Crippen LogP contribution is 2.16. The van der Waals surface area contributed by atoms with Crippen LogP contribution in [0.3, 0.4) is 0 Å². The van der Waals surface area contributed by atoms with E-state index in [1.807, 2.05) is 13.0 Å². The van der Waals surface area contributed by atoms with Crippen molar-refractivity contribution >= 4 is 5.78 Å². The van der Waals surface area contributed by atoms with Crippen LogP contribution < -0.4 is 0 Å². The zero-order valence-electron chi connectivity index (χ0n) is 6.05. The average molecular weight is 134 g/mol. The number of hydrogen-bond acceptors (Lipinski definition) is 1. The van der Waals surface area contributed by atoms with Gasteiger partial charge in [-0.1, -0.05) is 25.7 Å². The van der Waals surface area contributed by atoms with E-state index in [4.69, 9.17) is 0 Å². The Balaban J connectivity index is 2.92. The maximum absolute atomic E-state index is 10.9. The highest BCUT2D eigenvalue weighted by Gasteiger charge is 2.09. The van der Waals surface area contributed by atoms with Crippen molar-refractivity contribution in [2.45, 2.75) is 13.3 Å². The van der Waals surface area contributed by atoms with Crippen molar-refractivity contribution in [3.63, 3.8) is 0 Å². The maximum atomic E-state index is 10.9. The van der Waals surface area contributed by atoms with Crippen LogP contribution in [-0.2, 0) is 4.79 Å². The summed E-state index contributed by atoms with van der Waals surface area (Å²) in [5.74, 6) is 0.0411. The van der Waals surface area contributed by atoms with Crippen molar-refractivity contribution in [1.29, 1.82) is 0 Å². The first kappa shape index (κ1) is 7.00. The molecule has 10 heavy (non-hydrogen) atoms. The summed E-state index contributed by atoms with van der Waals surface area (Å²) in [5.41, 5.74) is 1.69. The monoisotopic (exact) mass is 134 g/mol. The van der Waals surface area contributed by atoms with E-state index in [-0.39, 0.29) is 5.78 Å². The first-order chi connectivity index (χ1) is 4.75. The summed E-state index contributed by atoms with van der Waals surface area (Å²) in [5, 5.41) is 0. The Bertz CT molecular complexity index is 231. The quantitative estimate of drug-likeness (QED) is 0.501. The number of ketones is 1. The summed E-state index contributed by atoms with van der Waals surface area (Å²) < 4.78 is 0. The molecule has 0 amide bonds. The van der Waals surface area contributed by atoms with Crippen LogP contribution in [0.15, 0.2) is 36.0 Å². The molecule has 0 aromatic heterocycles. The third-order valence-electron chi connectivity index (χ3n) is 1.61. The molecule has 0 heterocycles. The molecule has 1 aliphatic carbocycles. The van der Waals surface area contributed by atoms with Gasteiger partial charge in [0, 0.05) is 5.57 Å². The van der Waals surface area contributed by atoms with Crippen molar-refractivity contribution < 1.29 is 4.79 Å². The minimum Gasteiger partial charge on any atom is -0.289 e. The molecule has 0 spiro atoms. The van der Waals surface area contributed by atoms with Gasteiger partial charge in [0.1, 0.15) is 0 Å². The predicted octanol–water partition coefficient (Wildman–Crippen LogP) is 2.02. The minimum absolute atomic E-state index is 0.0411. The normalized spacial score (nSPS) is 17.5. The SMILES string of the molecule is C=C1C(=O)C=CC=C1CC. The first-order valence-electron chi connectivity index (χ1n) is 3.36. The lowest BCUT2D eigenvalue weighted by Gasteiger charge is -2.07. The smallest absolute Gasteiger partial charge is 0.185 e. The van der Waals surface area contributed by atoms with Gasteiger partial charge in [0.15, 0.2) is 5.78 Å². The molecular formula is C9H10O. The van der Waals surface area contributed by atoms with Crippen molar-refractivity contribution in [3.8, 4) is 0 Å². The number of rotatable bonds is 1. The molecule has 0 unspecified atom stereocenters. The van der Waals surface area contributed by atoms with Gasteiger partial charge >= 0.3 is 0 Å². The molecule has 1 rings (SSSR count). The molecule has 1 aliphatic rings. The Kier molecular flexibility index (Phi) is 1.86. The van der Waals surface area contributed by atoms with E-state index in [2.05, 4.69) is 6.58 Å². The molecule has 0 aromatic rings. The molecule has 0 N–H and O–H groups in total. The topological polar surface area (TPSA) is 17.1 Å². The van der Waals surface area contributed by atoms with Gasteiger partial charge in [0.2, 0.25) is 0 Å². The Morgan fingerprint density at radius 3 is 2.80 bits per heavy atom. The summed E-state index contributed by atoms with van der Waals surface area (Å²) >= 11 is 0. The molecule has 0 saturated carbocycles. The van der Waals surface area contributed by atoms with Crippen molar-refractivity contribution in [2.24, 2.45) is 0 Å².